The molecule has 2 N–H and O–H groups in total. The van der Waals surface area contributed by atoms with E-state index in [1.54, 1.807) is 7.05 Å². The van der Waals surface area contributed by atoms with E-state index in [0.29, 0.717) is 0 Å². The number of amides is 2. The van der Waals surface area contributed by atoms with Crippen LogP contribution in [0.5, 0.6) is 0 Å². The molecule has 3 heterocycles. The summed E-state index contributed by atoms with van der Waals surface area (Å²) in [5.41, 5.74) is -1.65. The van der Waals surface area contributed by atoms with E-state index in [4.69, 9.17) is 23.2 Å². The van der Waals surface area contributed by atoms with Crippen LogP contribution in [0.1, 0.15) is 43.9 Å². The molecular formula is C26H26Cl2F2N6O4. The first-order valence-electron chi connectivity index (χ1n) is 12.7. The van der Waals surface area contributed by atoms with Gasteiger partial charge in [-0.3, -0.25) is 24.0 Å². The fourth-order valence-electron chi connectivity index (χ4n) is 5.89. The van der Waals surface area contributed by atoms with Gasteiger partial charge in [0.15, 0.2) is 5.69 Å². The number of carboxylic acids is 1. The van der Waals surface area contributed by atoms with E-state index < -0.39 is 60.6 Å². The molecule has 1 aromatic carbocycles. The van der Waals surface area contributed by atoms with Gasteiger partial charge in [0.05, 0.1) is 29.6 Å². The van der Waals surface area contributed by atoms with Gasteiger partial charge >= 0.3 is 5.97 Å². The number of hydrogen-bond donors (Lipinski definition) is 2. The zero-order chi connectivity index (χ0) is 29.1. The number of nitrogens with zero attached hydrogens (tertiary/aromatic N) is 5. The molecule has 0 radical (unpaired) electrons. The third-order valence-electron chi connectivity index (χ3n) is 7.90. The van der Waals surface area contributed by atoms with E-state index in [9.17, 15) is 24.8 Å². The van der Waals surface area contributed by atoms with Gasteiger partial charge in [0.1, 0.15) is 17.3 Å². The van der Waals surface area contributed by atoms with Crippen molar-refractivity contribution in [3.8, 4) is 6.07 Å². The molecule has 212 valence electrons. The molecule has 5 rings (SSSR count). The third-order valence-corrected chi connectivity index (χ3v) is 8.41. The predicted octanol–water partition coefficient (Wildman–Crippen LogP) is 4.01. The molecule has 1 aromatic heterocycles. The molecule has 0 spiro atoms. The van der Waals surface area contributed by atoms with Crippen molar-refractivity contribution in [2.45, 2.75) is 50.1 Å². The molecule has 1 saturated heterocycles. The van der Waals surface area contributed by atoms with Crippen LogP contribution in [0.2, 0.25) is 10.0 Å². The van der Waals surface area contributed by atoms with Crippen molar-refractivity contribution in [3.05, 3.63) is 39.6 Å². The van der Waals surface area contributed by atoms with Crippen molar-refractivity contribution in [2.24, 2.45) is 18.9 Å². The monoisotopic (exact) mass is 594 g/mol. The molecule has 40 heavy (non-hydrogen) atoms. The summed E-state index contributed by atoms with van der Waals surface area (Å²) in [5.74, 6) is -7.03. The number of likely N-dealkylation sites (tertiary alicyclic amines) is 1. The number of nitriles is 1. The number of benzene rings is 1. The molecule has 0 bridgehead atoms. The summed E-state index contributed by atoms with van der Waals surface area (Å²) < 4.78 is 31.8. The first-order valence-corrected chi connectivity index (χ1v) is 13.5. The highest BCUT2D eigenvalue weighted by Crippen LogP contribution is 2.52. The summed E-state index contributed by atoms with van der Waals surface area (Å²) in [5, 5.41) is 26.3. The standard InChI is InChI=1S/C26H26Cl2F2N6O4/c1-13(23(39)35(10-14-3-4-14)20-11-34(2)33-18(20)9-31)19-7-25(29,30)12-36(19)26(8-21(37)38)16-5-15(27)6-17(28)22(16)32-24(26)40/h5-6,11,13-14,19H,3-4,7-8,10,12H2,1-2H3,(H,32,40)(H,37,38)/t13-,19-,26-/m1/s1. The van der Waals surface area contributed by atoms with Crippen LogP contribution in [0.15, 0.2) is 18.3 Å². The predicted molar refractivity (Wildman–Crippen MR) is 141 cm³/mol. The quantitative estimate of drug-likeness (QED) is 0.472. The van der Waals surface area contributed by atoms with Gasteiger partial charge in [-0.15, -0.1) is 0 Å². The maximum Gasteiger partial charge on any atom is 0.306 e. The van der Waals surface area contributed by atoms with E-state index in [-0.39, 0.29) is 45.1 Å². The van der Waals surface area contributed by atoms with E-state index in [1.165, 1.54) is 34.8 Å². The summed E-state index contributed by atoms with van der Waals surface area (Å²) in [7, 11) is 1.61. The highest BCUT2D eigenvalue weighted by atomic mass is 35.5. The van der Waals surface area contributed by atoms with Crippen LogP contribution in [0.4, 0.5) is 20.2 Å². The Morgan fingerprint density at radius 3 is 2.67 bits per heavy atom. The SMILES string of the molecule is C[C@@H](C(=O)N(CC1CC1)c1cn(C)nc1C#N)[C@H]1CC(F)(F)CN1[C@@]1(CC(=O)O)C(=O)Nc2c(Cl)cc(Cl)cc21. The maximum absolute atomic E-state index is 15.2. The fourth-order valence-corrected chi connectivity index (χ4v) is 6.43. The number of aromatic nitrogens is 2. The molecule has 1 saturated carbocycles. The van der Waals surface area contributed by atoms with E-state index in [1.807, 2.05) is 6.07 Å². The molecule has 2 fully saturated rings. The number of aryl methyl sites for hydroxylation is 1. The molecule has 2 aromatic rings. The molecular weight excluding hydrogens is 569 g/mol. The number of halogens is 4. The highest BCUT2D eigenvalue weighted by molar-refractivity contribution is 6.38. The van der Waals surface area contributed by atoms with Gasteiger partial charge in [0, 0.05) is 42.8 Å². The van der Waals surface area contributed by atoms with E-state index in [2.05, 4.69) is 10.4 Å². The Morgan fingerprint density at radius 2 is 2.05 bits per heavy atom. The number of anilines is 2. The Morgan fingerprint density at radius 1 is 1.35 bits per heavy atom. The van der Waals surface area contributed by atoms with Crippen molar-refractivity contribution in [1.82, 2.24) is 14.7 Å². The largest absolute Gasteiger partial charge is 0.481 e. The molecule has 10 nitrogen and oxygen atoms in total. The van der Waals surface area contributed by atoms with Crippen LogP contribution in [0, 0.1) is 23.2 Å². The number of carbonyl (C=O) groups is 3. The lowest BCUT2D eigenvalue weighted by atomic mass is 9.83. The Balaban J connectivity index is 1.60. The zero-order valence-corrected chi connectivity index (χ0v) is 23.1. The van der Waals surface area contributed by atoms with Gasteiger partial charge < -0.3 is 15.3 Å². The number of alkyl halides is 2. The summed E-state index contributed by atoms with van der Waals surface area (Å²) in [4.78, 5) is 42.3. The number of carboxylic acid groups (broad SMARTS) is 1. The number of fused-ring (bicyclic) bond motifs is 1. The van der Waals surface area contributed by atoms with Crippen LogP contribution >= 0.6 is 23.2 Å². The molecule has 14 heteroatoms. The summed E-state index contributed by atoms with van der Waals surface area (Å²) in [6.07, 6.45) is 1.65. The lowest BCUT2D eigenvalue weighted by molar-refractivity contribution is -0.147. The van der Waals surface area contributed by atoms with Crippen LogP contribution in [0.25, 0.3) is 0 Å². The van der Waals surface area contributed by atoms with E-state index >= 15 is 8.78 Å². The highest BCUT2D eigenvalue weighted by Gasteiger charge is 2.62. The number of rotatable bonds is 8. The number of aliphatic carboxylic acids is 1. The second-order valence-electron chi connectivity index (χ2n) is 10.8. The molecule has 3 atom stereocenters. The Kier molecular flexibility index (Phi) is 7.05. The lowest BCUT2D eigenvalue weighted by Crippen LogP contribution is -2.57. The summed E-state index contributed by atoms with van der Waals surface area (Å²) in [6.45, 7) is 0.802. The molecule has 0 unspecified atom stereocenters. The summed E-state index contributed by atoms with van der Waals surface area (Å²) in [6, 6.07) is 3.44. The second-order valence-corrected chi connectivity index (χ2v) is 11.6. The number of nitrogens with one attached hydrogen (secondary N) is 1. The van der Waals surface area contributed by atoms with E-state index in [0.717, 1.165) is 17.7 Å². The zero-order valence-electron chi connectivity index (χ0n) is 21.6. The molecule has 1 aliphatic carbocycles. The molecule has 2 amide bonds. The fraction of sp³-hybridized carbons (Fsp3) is 0.500. The Labute approximate surface area is 238 Å². The van der Waals surface area contributed by atoms with Crippen molar-refractivity contribution in [3.63, 3.8) is 0 Å². The first kappa shape index (κ1) is 28.3. The summed E-state index contributed by atoms with van der Waals surface area (Å²) >= 11 is 12.5. The Hall–Kier alpha value is -3.27. The molecule has 3 aliphatic rings. The average molecular weight is 595 g/mol. The van der Waals surface area contributed by atoms with Crippen molar-refractivity contribution < 1.29 is 28.3 Å². The normalized spacial score (nSPS) is 24.3. The topological polar surface area (TPSA) is 132 Å². The van der Waals surface area contributed by atoms with Gasteiger partial charge in [-0.1, -0.05) is 30.1 Å². The minimum Gasteiger partial charge on any atom is -0.481 e. The van der Waals surface area contributed by atoms with Crippen LogP contribution < -0.4 is 10.2 Å². The van der Waals surface area contributed by atoms with Gasteiger partial charge in [0.2, 0.25) is 11.8 Å². The van der Waals surface area contributed by atoms with Crippen molar-refractivity contribution in [1.29, 1.82) is 5.26 Å². The Bertz CT molecular complexity index is 1460. The van der Waals surface area contributed by atoms with Crippen LogP contribution in [-0.2, 0) is 27.0 Å². The maximum atomic E-state index is 15.2. The van der Waals surface area contributed by atoms with Crippen molar-refractivity contribution >= 4 is 52.4 Å². The number of hydrogen-bond acceptors (Lipinski definition) is 6. The minimum absolute atomic E-state index is 0.0213. The van der Waals surface area contributed by atoms with Gasteiger partial charge in [-0.25, -0.2) is 8.78 Å². The van der Waals surface area contributed by atoms with Crippen molar-refractivity contribution in [2.75, 3.05) is 23.3 Å². The van der Waals surface area contributed by atoms with Gasteiger partial charge in [0.25, 0.3) is 5.92 Å². The minimum atomic E-state index is -3.33. The van der Waals surface area contributed by atoms with Gasteiger partial charge in [-0.2, -0.15) is 10.4 Å². The first-order chi connectivity index (χ1) is 18.8. The molecule has 2 aliphatic heterocycles. The number of carbonyl (C=O) groups excluding carboxylic acids is 2. The lowest BCUT2D eigenvalue weighted by Gasteiger charge is -2.42. The van der Waals surface area contributed by atoms with Crippen LogP contribution in [-0.4, -0.2) is 62.6 Å². The average Bonchev–Trinajstić information content (AvgIpc) is 3.44. The second kappa shape index (κ2) is 9.98. The third kappa shape index (κ3) is 4.80. The smallest absolute Gasteiger partial charge is 0.306 e. The van der Waals surface area contributed by atoms with Crippen LogP contribution in [0.3, 0.4) is 0 Å². The van der Waals surface area contributed by atoms with Gasteiger partial charge in [-0.05, 0) is 30.9 Å².